The van der Waals surface area contributed by atoms with Crippen molar-refractivity contribution in [2.24, 2.45) is 0 Å². The molecule has 2 nitrogen and oxygen atoms in total. The Labute approximate surface area is 242 Å². The minimum absolute atomic E-state index is 0.0643. The fourth-order valence-electron chi connectivity index (χ4n) is 7.51. The monoisotopic (exact) mass is 536 g/mol. The molecule has 10 rings (SSSR count). The molecule has 2 aliphatic rings. The molecule has 1 aliphatic heterocycles. The Balaban J connectivity index is 1.24. The molecule has 1 aliphatic carbocycles. The highest BCUT2D eigenvalue weighted by atomic mass is 16.5. The molecule has 8 aromatic rings. The summed E-state index contributed by atoms with van der Waals surface area (Å²) in [7, 11) is 0. The van der Waals surface area contributed by atoms with Crippen LogP contribution in [0.3, 0.4) is 0 Å². The van der Waals surface area contributed by atoms with Crippen LogP contribution >= 0.6 is 0 Å². The van der Waals surface area contributed by atoms with Crippen LogP contribution in [0.5, 0.6) is 5.75 Å². The zero-order valence-electron chi connectivity index (χ0n) is 22.7. The van der Waals surface area contributed by atoms with Gasteiger partial charge in [-0.15, -0.1) is 0 Å². The quantitative estimate of drug-likeness (QED) is 0.205. The number of hydrogen-bond donors (Lipinski definition) is 0. The van der Waals surface area contributed by atoms with Crippen LogP contribution in [0.1, 0.15) is 11.5 Å². The van der Waals surface area contributed by atoms with Gasteiger partial charge >= 0.3 is 0 Å². The number of hydrogen-bond acceptors (Lipinski definition) is 2. The highest BCUT2D eigenvalue weighted by Gasteiger charge is 2.34. The van der Waals surface area contributed by atoms with Crippen molar-refractivity contribution in [2.75, 3.05) is 0 Å². The second-order valence-corrected chi connectivity index (χ2v) is 11.5. The van der Waals surface area contributed by atoms with E-state index in [2.05, 4.69) is 127 Å². The molecule has 42 heavy (non-hydrogen) atoms. The molecule has 0 saturated heterocycles. The third kappa shape index (κ3) is 2.89. The summed E-state index contributed by atoms with van der Waals surface area (Å²) in [5, 5.41) is 9.89. The Morgan fingerprint density at radius 2 is 1.14 bits per heavy atom. The molecule has 0 spiro atoms. The Kier molecular flexibility index (Phi) is 4.32. The summed E-state index contributed by atoms with van der Waals surface area (Å²) in [6.07, 6.45) is 8.71. The van der Waals surface area contributed by atoms with Crippen molar-refractivity contribution in [2.45, 2.75) is 12.0 Å². The maximum atomic E-state index is 6.58. The van der Waals surface area contributed by atoms with E-state index in [4.69, 9.17) is 9.15 Å². The summed E-state index contributed by atoms with van der Waals surface area (Å²) in [5.74, 6) is 1.28. The number of benzene rings is 7. The van der Waals surface area contributed by atoms with Crippen LogP contribution in [-0.2, 0) is 0 Å². The Hall–Kier alpha value is -5.34. The highest BCUT2D eigenvalue weighted by molar-refractivity contribution is 6.28. The lowest BCUT2D eigenvalue weighted by Crippen LogP contribution is -2.15. The van der Waals surface area contributed by atoms with E-state index in [0.29, 0.717) is 0 Å². The standard InChI is InChI=1S/C40H24O2/c1-3-13-35-27(7-1)33-11-5-9-31(39(33)41-35)25-19-15-23-18-22-30-26(20-16-24-17-21-29(25)37(23)38(24)30)32-10-6-12-34-28-8-2-4-14-36(28)42-40(32)34/h1-22,27,35H. The topological polar surface area (TPSA) is 22.4 Å². The molecular weight excluding hydrogens is 512 g/mol. The lowest BCUT2D eigenvalue weighted by molar-refractivity contribution is 0.270. The summed E-state index contributed by atoms with van der Waals surface area (Å²) in [6.45, 7) is 0. The van der Waals surface area contributed by atoms with Gasteiger partial charge in [-0.1, -0.05) is 121 Å². The van der Waals surface area contributed by atoms with Gasteiger partial charge < -0.3 is 9.15 Å². The van der Waals surface area contributed by atoms with Gasteiger partial charge in [-0.3, -0.25) is 0 Å². The van der Waals surface area contributed by atoms with E-state index in [-0.39, 0.29) is 12.0 Å². The van der Waals surface area contributed by atoms with Gasteiger partial charge in [0.25, 0.3) is 0 Å². The van der Waals surface area contributed by atoms with Crippen LogP contribution in [0.4, 0.5) is 0 Å². The van der Waals surface area contributed by atoms with E-state index in [9.17, 15) is 0 Å². The number of allylic oxidation sites excluding steroid dienone is 2. The van der Waals surface area contributed by atoms with Crippen molar-refractivity contribution in [3.05, 3.63) is 139 Å². The second kappa shape index (κ2) is 8.11. The van der Waals surface area contributed by atoms with E-state index >= 15 is 0 Å². The summed E-state index contributed by atoms with van der Waals surface area (Å²) in [4.78, 5) is 0. The Bertz CT molecular complexity index is 2460. The van der Waals surface area contributed by atoms with Crippen LogP contribution in [0, 0.1) is 0 Å². The molecule has 0 N–H and O–H groups in total. The first kappa shape index (κ1) is 22.4. The highest BCUT2D eigenvalue weighted by Crippen LogP contribution is 2.49. The summed E-state index contributed by atoms with van der Waals surface area (Å²) in [6, 6.07) is 39.6. The van der Waals surface area contributed by atoms with Gasteiger partial charge in [0.15, 0.2) is 0 Å². The normalized spacial score (nSPS) is 17.5. The van der Waals surface area contributed by atoms with Crippen molar-refractivity contribution < 1.29 is 9.15 Å². The number of para-hydroxylation sites is 3. The first-order chi connectivity index (χ1) is 20.8. The molecule has 0 bridgehead atoms. The molecule has 2 heteroatoms. The van der Waals surface area contributed by atoms with Crippen LogP contribution in [0.15, 0.2) is 138 Å². The first-order valence-corrected chi connectivity index (χ1v) is 14.6. The molecule has 2 heterocycles. The van der Waals surface area contributed by atoms with E-state index in [1.165, 1.54) is 49.0 Å². The molecule has 2 unspecified atom stereocenters. The number of fused-ring (bicyclic) bond motifs is 6. The van der Waals surface area contributed by atoms with E-state index < -0.39 is 0 Å². The number of ether oxygens (including phenoxy) is 1. The fourth-order valence-corrected chi connectivity index (χ4v) is 7.51. The predicted molar refractivity (Wildman–Crippen MR) is 174 cm³/mol. The molecule has 0 saturated carbocycles. The van der Waals surface area contributed by atoms with Gasteiger partial charge in [-0.2, -0.15) is 0 Å². The third-order valence-corrected chi connectivity index (χ3v) is 9.39. The van der Waals surface area contributed by atoms with Gasteiger partial charge in [0.05, 0.1) is 0 Å². The second-order valence-electron chi connectivity index (χ2n) is 11.5. The van der Waals surface area contributed by atoms with Crippen LogP contribution in [0.25, 0.3) is 76.5 Å². The van der Waals surface area contributed by atoms with E-state index in [1.807, 2.05) is 6.07 Å². The van der Waals surface area contributed by atoms with E-state index in [1.54, 1.807) is 0 Å². The summed E-state index contributed by atoms with van der Waals surface area (Å²) in [5.41, 5.74) is 7.82. The molecule has 7 aromatic carbocycles. The van der Waals surface area contributed by atoms with Gasteiger partial charge in [-0.25, -0.2) is 0 Å². The fraction of sp³-hybridized carbons (Fsp3) is 0.0500. The molecule has 0 amide bonds. The predicted octanol–water partition coefficient (Wildman–Crippen LogP) is 10.8. The minimum atomic E-state index is 0.0643. The number of rotatable bonds is 2. The van der Waals surface area contributed by atoms with Crippen molar-refractivity contribution in [1.29, 1.82) is 0 Å². The zero-order chi connectivity index (χ0) is 27.4. The molecule has 2 atom stereocenters. The van der Waals surface area contributed by atoms with E-state index in [0.717, 1.165) is 38.8 Å². The van der Waals surface area contributed by atoms with Crippen LogP contribution < -0.4 is 4.74 Å². The van der Waals surface area contributed by atoms with Gasteiger partial charge in [0.1, 0.15) is 23.0 Å². The van der Waals surface area contributed by atoms with Crippen LogP contribution in [-0.4, -0.2) is 6.10 Å². The van der Waals surface area contributed by atoms with Gasteiger partial charge in [-0.05, 0) is 55.6 Å². The smallest absolute Gasteiger partial charge is 0.143 e. The first-order valence-electron chi connectivity index (χ1n) is 14.6. The van der Waals surface area contributed by atoms with Crippen molar-refractivity contribution in [1.82, 2.24) is 0 Å². The SMILES string of the molecule is C1=CC2Oc3c(-c4ccc5ccc6c(-c7cccc8c7oc7ccccc78)ccc7ccc4c5c76)cccc3C2C=C1. The average molecular weight is 537 g/mol. The maximum absolute atomic E-state index is 6.58. The minimum Gasteiger partial charge on any atom is -0.484 e. The maximum Gasteiger partial charge on any atom is 0.143 e. The van der Waals surface area contributed by atoms with Crippen molar-refractivity contribution in [3.63, 3.8) is 0 Å². The molecular formula is C40H24O2. The van der Waals surface area contributed by atoms with Gasteiger partial charge in [0, 0.05) is 33.4 Å². The largest absolute Gasteiger partial charge is 0.484 e. The molecule has 0 radical (unpaired) electrons. The molecule has 0 fully saturated rings. The summed E-state index contributed by atoms with van der Waals surface area (Å²) >= 11 is 0. The Morgan fingerprint density at radius 1 is 0.476 bits per heavy atom. The van der Waals surface area contributed by atoms with Crippen molar-refractivity contribution >= 4 is 54.3 Å². The average Bonchev–Trinajstić information content (AvgIpc) is 3.62. The zero-order valence-corrected chi connectivity index (χ0v) is 22.7. The molecule has 196 valence electrons. The lowest BCUT2D eigenvalue weighted by atomic mass is 9.86. The third-order valence-electron chi connectivity index (χ3n) is 9.39. The number of furan rings is 1. The summed E-state index contributed by atoms with van der Waals surface area (Å²) < 4.78 is 13.0. The van der Waals surface area contributed by atoms with Crippen molar-refractivity contribution in [3.8, 4) is 28.0 Å². The molecule has 1 aromatic heterocycles. The Morgan fingerprint density at radius 3 is 1.98 bits per heavy atom. The van der Waals surface area contributed by atoms with Crippen LogP contribution in [0.2, 0.25) is 0 Å². The van der Waals surface area contributed by atoms with Gasteiger partial charge in [0.2, 0.25) is 0 Å². The lowest BCUT2D eigenvalue weighted by Gasteiger charge is -2.17.